The van der Waals surface area contributed by atoms with Crippen molar-refractivity contribution in [3.8, 4) is 11.5 Å². The normalized spacial score (nSPS) is 16.3. The summed E-state index contributed by atoms with van der Waals surface area (Å²) in [7, 11) is 3.33. The van der Waals surface area contributed by atoms with E-state index in [1.54, 1.807) is 14.2 Å². The second-order valence-corrected chi connectivity index (χ2v) is 6.19. The van der Waals surface area contributed by atoms with Crippen LogP contribution in [0.25, 0.3) is 0 Å². The van der Waals surface area contributed by atoms with Gasteiger partial charge in [-0.05, 0) is 36.5 Å². The van der Waals surface area contributed by atoms with Gasteiger partial charge in [0.05, 0.1) is 14.2 Å². The van der Waals surface area contributed by atoms with E-state index in [4.69, 9.17) is 15.2 Å². The molecule has 1 aromatic rings. The van der Waals surface area contributed by atoms with Crippen molar-refractivity contribution in [2.45, 2.75) is 38.8 Å². The number of nitrogens with two attached hydrogens (primary N) is 1. The van der Waals surface area contributed by atoms with Crippen LogP contribution in [0.15, 0.2) is 18.2 Å². The van der Waals surface area contributed by atoms with Gasteiger partial charge in [-0.1, -0.05) is 19.9 Å². The molecule has 21 heavy (non-hydrogen) atoms. The zero-order valence-corrected chi connectivity index (χ0v) is 13.6. The molecule has 0 bridgehead atoms. The molecule has 0 aromatic heterocycles. The monoisotopic (exact) mass is 292 g/mol. The molecule has 118 valence electrons. The summed E-state index contributed by atoms with van der Waals surface area (Å²) in [6.45, 7) is 6.23. The highest BCUT2D eigenvalue weighted by molar-refractivity contribution is 5.44. The number of rotatable bonds is 8. The smallest absolute Gasteiger partial charge is 0.161 e. The van der Waals surface area contributed by atoms with Gasteiger partial charge in [0.2, 0.25) is 0 Å². The summed E-state index contributed by atoms with van der Waals surface area (Å²) < 4.78 is 10.7. The van der Waals surface area contributed by atoms with Crippen LogP contribution in [0.5, 0.6) is 11.5 Å². The third-order valence-electron chi connectivity index (χ3n) is 4.01. The van der Waals surface area contributed by atoms with Crippen LogP contribution in [-0.2, 0) is 0 Å². The third kappa shape index (κ3) is 3.89. The van der Waals surface area contributed by atoms with Crippen molar-refractivity contribution in [2.75, 3.05) is 27.3 Å². The molecule has 1 unspecified atom stereocenters. The molecule has 1 aliphatic carbocycles. The first-order chi connectivity index (χ1) is 10.1. The largest absolute Gasteiger partial charge is 0.493 e. The Hall–Kier alpha value is -1.26. The van der Waals surface area contributed by atoms with Crippen LogP contribution in [0.1, 0.15) is 38.3 Å². The lowest BCUT2D eigenvalue weighted by Crippen LogP contribution is -2.38. The fourth-order valence-corrected chi connectivity index (χ4v) is 2.88. The van der Waals surface area contributed by atoms with Crippen LogP contribution in [0, 0.1) is 5.92 Å². The van der Waals surface area contributed by atoms with Crippen LogP contribution in [0.4, 0.5) is 0 Å². The number of nitrogens with zero attached hydrogens (tertiary/aromatic N) is 1. The van der Waals surface area contributed by atoms with Crippen LogP contribution >= 0.6 is 0 Å². The Kier molecular flexibility index (Phi) is 5.48. The summed E-state index contributed by atoms with van der Waals surface area (Å²) in [4.78, 5) is 2.56. The van der Waals surface area contributed by atoms with E-state index in [0.717, 1.165) is 18.0 Å². The van der Waals surface area contributed by atoms with Gasteiger partial charge >= 0.3 is 0 Å². The zero-order chi connectivity index (χ0) is 15.4. The van der Waals surface area contributed by atoms with Crippen molar-refractivity contribution in [3.05, 3.63) is 23.8 Å². The van der Waals surface area contributed by atoms with E-state index in [1.807, 2.05) is 6.07 Å². The van der Waals surface area contributed by atoms with Crippen molar-refractivity contribution >= 4 is 0 Å². The molecular formula is C17H28N2O2. The minimum Gasteiger partial charge on any atom is -0.493 e. The predicted octanol–water partition coefficient (Wildman–Crippen LogP) is 2.82. The van der Waals surface area contributed by atoms with E-state index in [1.165, 1.54) is 18.4 Å². The molecule has 0 saturated heterocycles. The molecule has 0 spiro atoms. The topological polar surface area (TPSA) is 47.7 Å². The highest BCUT2D eigenvalue weighted by Gasteiger charge is 2.34. The average molecular weight is 292 g/mol. The summed E-state index contributed by atoms with van der Waals surface area (Å²) in [5.41, 5.74) is 7.31. The van der Waals surface area contributed by atoms with Crippen molar-refractivity contribution in [1.82, 2.24) is 4.90 Å². The van der Waals surface area contributed by atoms with Crippen molar-refractivity contribution in [3.63, 3.8) is 0 Å². The molecule has 4 nitrogen and oxygen atoms in total. The predicted molar refractivity (Wildman–Crippen MR) is 85.9 cm³/mol. The Balaban J connectivity index is 2.26. The Bertz CT molecular complexity index is 458. The van der Waals surface area contributed by atoms with Gasteiger partial charge in [-0.2, -0.15) is 0 Å². The number of ether oxygens (including phenoxy) is 2. The van der Waals surface area contributed by atoms with E-state index in [2.05, 4.69) is 30.9 Å². The maximum atomic E-state index is 6.10. The first-order valence-electron chi connectivity index (χ1n) is 7.78. The molecule has 2 rings (SSSR count). The van der Waals surface area contributed by atoms with E-state index < -0.39 is 0 Å². The second-order valence-electron chi connectivity index (χ2n) is 6.19. The first-order valence-corrected chi connectivity index (χ1v) is 7.78. The molecular weight excluding hydrogens is 264 g/mol. The van der Waals surface area contributed by atoms with Crippen LogP contribution in [-0.4, -0.2) is 38.3 Å². The van der Waals surface area contributed by atoms with E-state index in [0.29, 0.717) is 18.5 Å². The molecule has 1 atom stereocenters. The van der Waals surface area contributed by atoms with Gasteiger partial charge in [0.15, 0.2) is 11.5 Å². The van der Waals surface area contributed by atoms with Crippen molar-refractivity contribution in [2.24, 2.45) is 11.7 Å². The number of hydrogen-bond donors (Lipinski definition) is 1. The van der Waals surface area contributed by atoms with Crippen LogP contribution in [0.2, 0.25) is 0 Å². The quantitative estimate of drug-likeness (QED) is 0.800. The highest BCUT2D eigenvalue weighted by atomic mass is 16.5. The zero-order valence-electron chi connectivity index (χ0n) is 13.6. The maximum absolute atomic E-state index is 6.10. The number of methoxy groups -OCH3 is 2. The van der Waals surface area contributed by atoms with Gasteiger partial charge in [-0.3, -0.25) is 4.90 Å². The minimum absolute atomic E-state index is 0.250. The molecule has 4 heteroatoms. The summed E-state index contributed by atoms with van der Waals surface area (Å²) in [5, 5.41) is 0. The number of hydrogen-bond acceptors (Lipinski definition) is 4. The van der Waals surface area contributed by atoms with Gasteiger partial charge in [0, 0.05) is 25.2 Å². The Morgan fingerprint density at radius 1 is 1.19 bits per heavy atom. The fraction of sp³-hybridized carbons (Fsp3) is 0.647. The average Bonchev–Trinajstić information content (AvgIpc) is 3.31. The summed E-state index contributed by atoms with van der Waals surface area (Å²) >= 11 is 0. The Morgan fingerprint density at radius 2 is 1.86 bits per heavy atom. The van der Waals surface area contributed by atoms with Crippen LogP contribution in [0.3, 0.4) is 0 Å². The van der Waals surface area contributed by atoms with Gasteiger partial charge < -0.3 is 15.2 Å². The molecule has 1 saturated carbocycles. The first kappa shape index (κ1) is 16.1. The molecule has 0 aliphatic heterocycles. The van der Waals surface area contributed by atoms with Gasteiger partial charge in [-0.25, -0.2) is 0 Å². The van der Waals surface area contributed by atoms with E-state index in [-0.39, 0.29) is 6.04 Å². The molecule has 1 fully saturated rings. The second kappa shape index (κ2) is 7.14. The van der Waals surface area contributed by atoms with Gasteiger partial charge in [0.25, 0.3) is 0 Å². The summed E-state index contributed by atoms with van der Waals surface area (Å²) in [6, 6.07) is 7.08. The van der Waals surface area contributed by atoms with Gasteiger partial charge in [0.1, 0.15) is 0 Å². The van der Waals surface area contributed by atoms with Crippen molar-refractivity contribution in [1.29, 1.82) is 0 Å². The lowest BCUT2D eigenvalue weighted by Gasteiger charge is -2.33. The Morgan fingerprint density at radius 3 is 2.33 bits per heavy atom. The van der Waals surface area contributed by atoms with Crippen LogP contribution < -0.4 is 15.2 Å². The molecule has 0 amide bonds. The van der Waals surface area contributed by atoms with Crippen molar-refractivity contribution < 1.29 is 9.47 Å². The SMILES string of the molecule is COc1ccc(C(CN)N(CC(C)C)C2CC2)cc1OC. The lowest BCUT2D eigenvalue weighted by atomic mass is 10.0. The molecule has 2 N–H and O–H groups in total. The molecule has 1 aromatic carbocycles. The summed E-state index contributed by atoms with van der Waals surface area (Å²) in [6.07, 6.45) is 2.58. The highest BCUT2D eigenvalue weighted by Crippen LogP contribution is 2.37. The standard InChI is InChI=1S/C17H28N2O2/c1-12(2)11-19(14-6-7-14)15(10-18)13-5-8-16(20-3)17(9-13)21-4/h5,8-9,12,14-15H,6-7,10-11,18H2,1-4H3. The fourth-order valence-electron chi connectivity index (χ4n) is 2.88. The molecule has 0 heterocycles. The van der Waals surface area contributed by atoms with Gasteiger partial charge in [-0.15, -0.1) is 0 Å². The summed E-state index contributed by atoms with van der Waals surface area (Å²) in [5.74, 6) is 2.17. The number of benzene rings is 1. The van der Waals surface area contributed by atoms with E-state index in [9.17, 15) is 0 Å². The van der Waals surface area contributed by atoms with E-state index >= 15 is 0 Å². The minimum atomic E-state index is 0.250. The molecule has 0 radical (unpaired) electrons. The maximum Gasteiger partial charge on any atom is 0.161 e. The third-order valence-corrected chi connectivity index (χ3v) is 4.01. The molecule has 1 aliphatic rings. The Labute approximate surface area is 128 Å². The lowest BCUT2D eigenvalue weighted by molar-refractivity contribution is 0.169.